The molecule has 8 heteroatoms. The second-order valence-electron chi connectivity index (χ2n) is 6.93. The number of nitrogens with zero attached hydrogens (tertiary/aromatic N) is 2. The number of carbonyl (C=O) groups excluding carboxylic acids is 1. The second kappa shape index (κ2) is 10.1. The summed E-state index contributed by atoms with van der Waals surface area (Å²) in [7, 11) is -3.68. The molecule has 0 spiro atoms. The third kappa shape index (κ3) is 6.10. The first-order valence-electron chi connectivity index (χ1n) is 9.96. The molecular weight excluding hydrogens is 380 g/mol. The van der Waals surface area contributed by atoms with Crippen LogP contribution < -0.4 is 9.08 Å². The molecule has 1 atom stereocenters. The molecule has 0 bridgehead atoms. The summed E-state index contributed by atoms with van der Waals surface area (Å²) in [4.78, 5) is 16.0. The zero-order valence-electron chi connectivity index (χ0n) is 17.3. The van der Waals surface area contributed by atoms with Crippen molar-refractivity contribution in [2.45, 2.75) is 53.2 Å². The van der Waals surface area contributed by atoms with Crippen LogP contribution >= 0.6 is 0 Å². The molecule has 0 radical (unpaired) electrons. The normalized spacial score (nSPS) is 16.8. The van der Waals surface area contributed by atoms with Crippen LogP contribution in [0.1, 0.15) is 46.1 Å². The van der Waals surface area contributed by atoms with Crippen molar-refractivity contribution in [3.8, 4) is 5.75 Å². The van der Waals surface area contributed by atoms with E-state index in [9.17, 15) is 13.2 Å². The molecule has 0 aliphatic carbocycles. The van der Waals surface area contributed by atoms with Crippen LogP contribution in [-0.2, 0) is 26.2 Å². The van der Waals surface area contributed by atoms with Crippen LogP contribution in [0.25, 0.3) is 0 Å². The lowest BCUT2D eigenvalue weighted by Crippen LogP contribution is -2.35. The maximum atomic E-state index is 12.2. The van der Waals surface area contributed by atoms with E-state index < -0.39 is 10.1 Å². The average molecular weight is 413 g/mol. The van der Waals surface area contributed by atoms with Crippen LogP contribution in [0.3, 0.4) is 0 Å². The predicted octanol–water partition coefficient (Wildman–Crippen LogP) is 2.79. The van der Waals surface area contributed by atoms with Crippen LogP contribution in [0.15, 0.2) is 18.2 Å². The Hall–Kier alpha value is -1.80. The zero-order valence-corrected chi connectivity index (χ0v) is 18.1. The van der Waals surface area contributed by atoms with Gasteiger partial charge in [-0.25, -0.2) is 0 Å². The number of hydrogen-bond acceptors (Lipinski definition) is 6. The fourth-order valence-electron chi connectivity index (χ4n) is 3.28. The van der Waals surface area contributed by atoms with Crippen molar-refractivity contribution in [1.29, 1.82) is 0 Å². The van der Waals surface area contributed by atoms with Crippen molar-refractivity contribution in [1.82, 2.24) is 4.90 Å². The minimum atomic E-state index is -3.68. The van der Waals surface area contributed by atoms with Gasteiger partial charge >= 0.3 is 10.1 Å². The van der Waals surface area contributed by atoms with Gasteiger partial charge in [0.2, 0.25) is 5.91 Å². The number of amides is 1. The largest absolute Gasteiger partial charge is 0.382 e. The zero-order chi connectivity index (χ0) is 20.7. The third-order valence-corrected chi connectivity index (χ3v) is 6.14. The molecule has 0 saturated carbocycles. The van der Waals surface area contributed by atoms with Gasteiger partial charge in [0.05, 0.1) is 11.9 Å². The number of ether oxygens (including phenoxy) is 1. The van der Waals surface area contributed by atoms with Crippen molar-refractivity contribution >= 4 is 21.7 Å². The Morgan fingerprint density at radius 3 is 2.50 bits per heavy atom. The molecule has 1 aliphatic heterocycles. The number of carbonyl (C=O) groups is 1. The molecule has 1 aromatic carbocycles. The Balaban J connectivity index is 2.32. The smallest absolute Gasteiger partial charge is 0.308 e. The Labute approximate surface area is 168 Å². The Morgan fingerprint density at radius 1 is 1.25 bits per heavy atom. The van der Waals surface area contributed by atoms with Crippen molar-refractivity contribution < 1.29 is 22.1 Å². The number of benzene rings is 1. The SMILES string of the molecule is CCN(CC)c1ccc(CN(C[C@@H]2CCCO2)C(C)=O)c(OS(=O)(=O)CC)c1. The van der Waals surface area contributed by atoms with Gasteiger partial charge in [0.15, 0.2) is 0 Å². The average Bonchev–Trinajstić information content (AvgIpc) is 3.16. The molecule has 1 aromatic rings. The lowest BCUT2D eigenvalue weighted by atomic mass is 10.1. The Morgan fingerprint density at radius 2 is 1.96 bits per heavy atom. The van der Waals surface area contributed by atoms with Crippen LogP contribution in [0.2, 0.25) is 0 Å². The third-order valence-electron chi connectivity index (χ3n) is 5.00. The van der Waals surface area contributed by atoms with Crippen molar-refractivity contribution in [2.24, 2.45) is 0 Å². The van der Waals surface area contributed by atoms with E-state index in [0.717, 1.165) is 38.2 Å². The molecule has 0 aromatic heterocycles. The minimum absolute atomic E-state index is 0.0302. The van der Waals surface area contributed by atoms with Crippen LogP contribution in [0.5, 0.6) is 5.75 Å². The maximum absolute atomic E-state index is 12.2. The van der Waals surface area contributed by atoms with Gasteiger partial charge in [0, 0.05) is 57.0 Å². The summed E-state index contributed by atoms with van der Waals surface area (Å²) in [5, 5.41) is 0. The quantitative estimate of drug-likeness (QED) is 0.550. The number of rotatable bonds is 10. The molecule has 28 heavy (non-hydrogen) atoms. The van der Waals surface area contributed by atoms with E-state index in [-0.39, 0.29) is 30.1 Å². The summed E-state index contributed by atoms with van der Waals surface area (Å²) in [6.07, 6.45) is 1.96. The van der Waals surface area contributed by atoms with Gasteiger partial charge in [0.1, 0.15) is 5.75 Å². The van der Waals surface area contributed by atoms with Gasteiger partial charge in [-0.05, 0) is 39.7 Å². The Bertz CT molecular complexity index is 756. The first-order chi connectivity index (χ1) is 13.3. The highest BCUT2D eigenvalue weighted by Gasteiger charge is 2.23. The molecule has 1 heterocycles. The first-order valence-corrected chi connectivity index (χ1v) is 11.5. The fraction of sp³-hybridized carbons (Fsp3) is 0.650. The lowest BCUT2D eigenvalue weighted by Gasteiger charge is -2.26. The van der Waals surface area contributed by atoms with Gasteiger partial charge in [0.25, 0.3) is 0 Å². The van der Waals surface area contributed by atoms with E-state index in [1.54, 1.807) is 17.9 Å². The van der Waals surface area contributed by atoms with E-state index in [0.29, 0.717) is 12.1 Å². The minimum Gasteiger partial charge on any atom is -0.382 e. The highest BCUT2D eigenvalue weighted by atomic mass is 32.2. The molecule has 2 rings (SSSR count). The van der Waals surface area contributed by atoms with Gasteiger partial charge in [-0.15, -0.1) is 0 Å². The number of anilines is 1. The molecule has 7 nitrogen and oxygen atoms in total. The summed E-state index contributed by atoms with van der Waals surface area (Å²) >= 11 is 0. The summed E-state index contributed by atoms with van der Waals surface area (Å²) in [5.74, 6) is 0.0892. The van der Waals surface area contributed by atoms with E-state index in [1.165, 1.54) is 6.92 Å². The molecular formula is C20H32N2O5S. The topological polar surface area (TPSA) is 76.2 Å². The van der Waals surface area contributed by atoms with Crippen molar-refractivity contribution in [2.75, 3.05) is 36.9 Å². The van der Waals surface area contributed by atoms with Crippen LogP contribution in [-0.4, -0.2) is 57.3 Å². The van der Waals surface area contributed by atoms with Gasteiger partial charge in [-0.2, -0.15) is 8.42 Å². The Kier molecular flexibility index (Phi) is 8.12. The molecule has 1 saturated heterocycles. The van der Waals surface area contributed by atoms with Crippen molar-refractivity contribution in [3.63, 3.8) is 0 Å². The van der Waals surface area contributed by atoms with Crippen LogP contribution in [0, 0.1) is 0 Å². The van der Waals surface area contributed by atoms with Crippen LogP contribution in [0.4, 0.5) is 5.69 Å². The number of hydrogen-bond donors (Lipinski definition) is 0. The predicted molar refractivity (Wildman–Crippen MR) is 110 cm³/mol. The van der Waals surface area contributed by atoms with E-state index in [1.807, 2.05) is 26.0 Å². The van der Waals surface area contributed by atoms with E-state index in [4.69, 9.17) is 8.92 Å². The second-order valence-corrected chi connectivity index (χ2v) is 8.79. The molecule has 1 fully saturated rings. The van der Waals surface area contributed by atoms with E-state index >= 15 is 0 Å². The summed E-state index contributed by atoms with van der Waals surface area (Å²) < 4.78 is 35.2. The molecule has 1 aliphatic rings. The first kappa shape index (κ1) is 22.5. The van der Waals surface area contributed by atoms with Crippen molar-refractivity contribution in [3.05, 3.63) is 23.8 Å². The fourth-order valence-corrected chi connectivity index (χ4v) is 3.82. The molecule has 1 amide bonds. The standard InChI is InChI=1S/C20H32N2O5S/c1-5-21(6-2)18-11-10-17(20(13-18)27-28(24,25)7-3)14-22(16(4)23)15-19-9-8-12-26-19/h10-11,13,19H,5-9,12,14-15H2,1-4H3/t19-/m0/s1. The molecule has 0 unspecified atom stereocenters. The summed E-state index contributed by atoms with van der Waals surface area (Å²) in [5.41, 5.74) is 1.56. The highest BCUT2D eigenvalue weighted by molar-refractivity contribution is 7.87. The monoisotopic (exact) mass is 412 g/mol. The maximum Gasteiger partial charge on any atom is 0.308 e. The highest BCUT2D eigenvalue weighted by Crippen LogP contribution is 2.29. The van der Waals surface area contributed by atoms with Gasteiger partial charge < -0.3 is 18.7 Å². The van der Waals surface area contributed by atoms with Gasteiger partial charge in [-0.3, -0.25) is 4.79 Å². The van der Waals surface area contributed by atoms with Gasteiger partial charge in [-0.1, -0.05) is 6.07 Å². The van der Waals surface area contributed by atoms with E-state index in [2.05, 4.69) is 4.90 Å². The lowest BCUT2D eigenvalue weighted by molar-refractivity contribution is -0.131. The summed E-state index contributed by atoms with van der Waals surface area (Å²) in [6.45, 7) is 10.2. The summed E-state index contributed by atoms with van der Waals surface area (Å²) in [6, 6.07) is 5.54. The molecule has 158 valence electrons. The molecule has 0 N–H and O–H groups in total.